The Kier molecular flexibility index (Phi) is 8.31. The van der Waals surface area contributed by atoms with Crippen LogP contribution in [0.4, 0.5) is 0 Å². The second kappa shape index (κ2) is 7.62. The van der Waals surface area contributed by atoms with Gasteiger partial charge in [-0.1, -0.05) is 53.1 Å². The highest BCUT2D eigenvalue weighted by Crippen LogP contribution is 2.47. The molecule has 0 radical (unpaired) electrons. The maximum Gasteiger partial charge on any atom is 0.145 e. The van der Waals surface area contributed by atoms with E-state index in [-0.39, 0.29) is 3.54 Å². The third-order valence-electron chi connectivity index (χ3n) is 1.41. The molecule has 92 valence electrons. The van der Waals surface area contributed by atoms with Crippen LogP contribution in [0.25, 0.3) is 0 Å². The Balaban J connectivity index is 4.26. The third kappa shape index (κ3) is 9.08. The normalized spacial score (nSPS) is 13.2. The summed E-state index contributed by atoms with van der Waals surface area (Å²) in [6.45, 7) is 13.3. The SMILES string of the molecule is CC(C)SCC(Cl)(SC(C)C)SC(C)C. The molecule has 0 amide bonds. The molecule has 0 aliphatic rings. The molecule has 0 unspecified atom stereocenters. The maximum absolute atomic E-state index is 6.68. The van der Waals surface area contributed by atoms with Gasteiger partial charge in [0, 0.05) is 16.3 Å². The molecular weight excluding hydrogens is 264 g/mol. The molecule has 0 fully saturated rings. The van der Waals surface area contributed by atoms with Crippen molar-refractivity contribution in [3.63, 3.8) is 0 Å². The van der Waals surface area contributed by atoms with Crippen molar-refractivity contribution in [2.75, 3.05) is 5.75 Å². The van der Waals surface area contributed by atoms with Gasteiger partial charge in [0.1, 0.15) is 3.54 Å². The Morgan fingerprint density at radius 1 is 0.867 bits per heavy atom. The molecule has 0 saturated heterocycles. The number of rotatable bonds is 7. The molecule has 0 aromatic carbocycles. The fourth-order valence-corrected chi connectivity index (χ4v) is 6.59. The summed E-state index contributed by atoms with van der Waals surface area (Å²) in [6.07, 6.45) is 0. The molecule has 0 atom stereocenters. The van der Waals surface area contributed by atoms with E-state index in [1.807, 2.05) is 35.3 Å². The molecule has 0 heterocycles. The van der Waals surface area contributed by atoms with Gasteiger partial charge in [0.25, 0.3) is 0 Å². The molecule has 0 saturated carbocycles. The molecule has 15 heavy (non-hydrogen) atoms. The summed E-state index contributed by atoms with van der Waals surface area (Å²) >= 11 is 12.4. The first-order chi connectivity index (χ1) is 6.75. The molecule has 0 aromatic heterocycles. The lowest BCUT2D eigenvalue weighted by molar-refractivity contribution is 1.07. The zero-order chi connectivity index (χ0) is 12.1. The Morgan fingerprint density at radius 3 is 1.53 bits per heavy atom. The van der Waals surface area contributed by atoms with Gasteiger partial charge in [-0.2, -0.15) is 11.8 Å². The lowest BCUT2D eigenvalue weighted by Gasteiger charge is -2.29. The Hall–Kier alpha value is 1.34. The maximum atomic E-state index is 6.68. The van der Waals surface area contributed by atoms with Gasteiger partial charge >= 0.3 is 0 Å². The Morgan fingerprint density at radius 2 is 1.27 bits per heavy atom. The van der Waals surface area contributed by atoms with Crippen LogP contribution in [0.2, 0.25) is 0 Å². The second-order valence-electron chi connectivity index (χ2n) is 4.35. The van der Waals surface area contributed by atoms with E-state index < -0.39 is 0 Å². The largest absolute Gasteiger partial charge is 0.156 e. The molecular formula is C11H23ClS3. The molecule has 0 aliphatic carbocycles. The van der Waals surface area contributed by atoms with Crippen molar-refractivity contribution in [1.29, 1.82) is 0 Å². The van der Waals surface area contributed by atoms with Crippen molar-refractivity contribution in [3.8, 4) is 0 Å². The molecule has 0 aliphatic heterocycles. The van der Waals surface area contributed by atoms with Gasteiger partial charge in [-0.25, -0.2) is 0 Å². The van der Waals surface area contributed by atoms with Crippen LogP contribution in [0.15, 0.2) is 0 Å². The summed E-state index contributed by atoms with van der Waals surface area (Å²) < 4.78 is -0.155. The molecule has 0 bridgehead atoms. The van der Waals surface area contributed by atoms with E-state index in [9.17, 15) is 0 Å². The van der Waals surface area contributed by atoms with E-state index >= 15 is 0 Å². The number of alkyl halides is 1. The minimum absolute atomic E-state index is 0.155. The second-order valence-corrected chi connectivity index (χ2v) is 11.0. The van der Waals surface area contributed by atoms with Crippen molar-refractivity contribution in [1.82, 2.24) is 0 Å². The van der Waals surface area contributed by atoms with Gasteiger partial charge in [-0.15, -0.1) is 23.5 Å². The van der Waals surface area contributed by atoms with Crippen LogP contribution >= 0.6 is 46.9 Å². The van der Waals surface area contributed by atoms with E-state index in [4.69, 9.17) is 11.6 Å². The Labute approximate surface area is 113 Å². The topological polar surface area (TPSA) is 0 Å². The quantitative estimate of drug-likeness (QED) is 0.460. The number of hydrogen-bond donors (Lipinski definition) is 0. The molecule has 4 heteroatoms. The molecule has 0 spiro atoms. The van der Waals surface area contributed by atoms with Gasteiger partial charge in [0.2, 0.25) is 0 Å². The average Bonchev–Trinajstić information content (AvgIpc) is 1.97. The summed E-state index contributed by atoms with van der Waals surface area (Å²) in [4.78, 5) is 0. The predicted octanol–water partition coefficient (Wildman–Crippen LogP) is 5.30. The van der Waals surface area contributed by atoms with Crippen LogP contribution < -0.4 is 0 Å². The standard InChI is InChI=1S/C11H23ClS3/c1-8(2)13-7-11(12,14-9(3)4)15-10(5)6/h8-10H,7H2,1-6H3. The third-order valence-corrected chi connectivity index (χ3v) is 6.38. The lowest BCUT2D eigenvalue weighted by Crippen LogP contribution is -2.21. The highest BCUT2D eigenvalue weighted by molar-refractivity contribution is 8.21. The van der Waals surface area contributed by atoms with E-state index in [2.05, 4.69) is 41.5 Å². The summed E-state index contributed by atoms with van der Waals surface area (Å²) in [5, 5.41) is 1.83. The van der Waals surface area contributed by atoms with E-state index in [1.165, 1.54) is 0 Å². The fourth-order valence-electron chi connectivity index (χ4n) is 1.07. The van der Waals surface area contributed by atoms with E-state index in [0.29, 0.717) is 15.7 Å². The van der Waals surface area contributed by atoms with Gasteiger partial charge in [0.05, 0.1) is 0 Å². The van der Waals surface area contributed by atoms with Gasteiger partial charge in [0.15, 0.2) is 0 Å². The molecule has 0 aromatic rings. The summed E-state index contributed by atoms with van der Waals surface area (Å²) in [5.74, 6) is 1.01. The highest BCUT2D eigenvalue weighted by Gasteiger charge is 2.31. The number of hydrogen-bond acceptors (Lipinski definition) is 3. The van der Waals surface area contributed by atoms with Crippen molar-refractivity contribution >= 4 is 46.9 Å². The van der Waals surface area contributed by atoms with Crippen molar-refractivity contribution in [2.45, 2.75) is 60.8 Å². The zero-order valence-electron chi connectivity index (χ0n) is 10.5. The van der Waals surface area contributed by atoms with Gasteiger partial charge < -0.3 is 0 Å². The van der Waals surface area contributed by atoms with Crippen LogP contribution in [0.5, 0.6) is 0 Å². The van der Waals surface area contributed by atoms with Crippen molar-refractivity contribution < 1.29 is 0 Å². The summed E-state index contributed by atoms with van der Waals surface area (Å²) in [7, 11) is 0. The zero-order valence-corrected chi connectivity index (χ0v) is 13.7. The van der Waals surface area contributed by atoms with Gasteiger partial charge in [-0.05, 0) is 5.25 Å². The molecule has 0 rings (SSSR count). The lowest BCUT2D eigenvalue weighted by atomic mass is 10.6. The number of thioether (sulfide) groups is 3. The van der Waals surface area contributed by atoms with Crippen LogP contribution in [0, 0.1) is 0 Å². The first kappa shape index (κ1) is 16.3. The minimum Gasteiger partial charge on any atom is -0.156 e. The van der Waals surface area contributed by atoms with Crippen LogP contribution in [0.1, 0.15) is 41.5 Å². The predicted molar refractivity (Wildman–Crippen MR) is 81.6 cm³/mol. The monoisotopic (exact) mass is 286 g/mol. The van der Waals surface area contributed by atoms with Crippen molar-refractivity contribution in [3.05, 3.63) is 0 Å². The number of halogens is 1. The minimum atomic E-state index is -0.155. The smallest absolute Gasteiger partial charge is 0.145 e. The molecule has 0 N–H and O–H groups in total. The summed E-state index contributed by atoms with van der Waals surface area (Å²) in [5.41, 5.74) is 0. The van der Waals surface area contributed by atoms with Gasteiger partial charge in [-0.3, -0.25) is 0 Å². The molecule has 0 nitrogen and oxygen atoms in total. The first-order valence-electron chi connectivity index (χ1n) is 5.41. The Bertz CT molecular complexity index is 159. The fraction of sp³-hybridized carbons (Fsp3) is 1.00. The average molecular weight is 287 g/mol. The van der Waals surface area contributed by atoms with Crippen LogP contribution in [-0.2, 0) is 0 Å². The van der Waals surface area contributed by atoms with Crippen molar-refractivity contribution in [2.24, 2.45) is 0 Å². The van der Waals surface area contributed by atoms with E-state index in [0.717, 1.165) is 5.75 Å². The van der Waals surface area contributed by atoms with Crippen LogP contribution in [0.3, 0.4) is 0 Å². The van der Waals surface area contributed by atoms with Crippen LogP contribution in [-0.4, -0.2) is 25.0 Å². The van der Waals surface area contributed by atoms with E-state index in [1.54, 1.807) is 0 Å². The summed E-state index contributed by atoms with van der Waals surface area (Å²) in [6, 6.07) is 0. The highest BCUT2D eigenvalue weighted by atomic mass is 35.5. The first-order valence-corrected chi connectivity index (χ1v) is 8.60.